The second-order valence-corrected chi connectivity index (χ2v) is 6.64. The van der Waals surface area contributed by atoms with Crippen LogP contribution in [0.25, 0.3) is 6.08 Å². The molecule has 0 N–H and O–H groups in total. The zero-order valence-electron chi connectivity index (χ0n) is 15.4. The number of rotatable bonds is 8. The normalized spacial score (nSPS) is 17.1. The van der Waals surface area contributed by atoms with Crippen molar-refractivity contribution in [3.05, 3.63) is 28.3 Å². The van der Waals surface area contributed by atoms with Crippen LogP contribution in [0.1, 0.15) is 45.6 Å². The quantitative estimate of drug-likeness (QED) is 0.631. The molecule has 0 aromatic heterocycles. The van der Waals surface area contributed by atoms with Crippen LogP contribution < -0.4 is 9.47 Å². The minimum Gasteiger partial charge on any atom is -0.490 e. The van der Waals surface area contributed by atoms with E-state index in [0.29, 0.717) is 42.7 Å². The molecule has 0 unspecified atom stereocenters. The third kappa shape index (κ3) is 5.48. The molecule has 0 spiro atoms. The maximum absolute atomic E-state index is 12.3. The van der Waals surface area contributed by atoms with Crippen molar-refractivity contribution in [3.8, 4) is 11.5 Å². The first-order valence-electron chi connectivity index (χ1n) is 9.14. The standard InChI is InChI=1S/C20H28ClNO3/c1-4-8-22-9-7-18(23)16(14-22)11-15-12-17(21)20(25-10-5-2)19(13-15)24-6-3/h11-13H,4-10,14H2,1-3H3/b16-11+. The number of likely N-dealkylation sites (tertiary alicyclic amines) is 1. The highest BCUT2D eigenvalue weighted by Gasteiger charge is 2.21. The van der Waals surface area contributed by atoms with Gasteiger partial charge >= 0.3 is 0 Å². The van der Waals surface area contributed by atoms with Crippen LogP contribution in [0.4, 0.5) is 0 Å². The topological polar surface area (TPSA) is 38.8 Å². The van der Waals surface area contributed by atoms with Gasteiger partial charge < -0.3 is 9.47 Å². The molecular weight excluding hydrogens is 338 g/mol. The van der Waals surface area contributed by atoms with Gasteiger partial charge in [-0.3, -0.25) is 9.69 Å². The Morgan fingerprint density at radius 3 is 2.68 bits per heavy atom. The van der Waals surface area contributed by atoms with Crippen LogP contribution in [0, 0.1) is 0 Å². The highest BCUT2D eigenvalue weighted by Crippen LogP contribution is 2.37. The number of ether oxygens (including phenoxy) is 2. The molecule has 138 valence electrons. The van der Waals surface area contributed by atoms with Crippen molar-refractivity contribution >= 4 is 23.5 Å². The fraction of sp³-hybridized carbons (Fsp3) is 0.550. The molecule has 0 radical (unpaired) electrons. The van der Waals surface area contributed by atoms with Crippen molar-refractivity contribution in [2.24, 2.45) is 0 Å². The first-order valence-corrected chi connectivity index (χ1v) is 9.52. The summed E-state index contributed by atoms with van der Waals surface area (Å²) >= 11 is 6.41. The maximum atomic E-state index is 12.3. The van der Waals surface area contributed by atoms with Crippen LogP contribution in [-0.2, 0) is 4.79 Å². The molecule has 1 aromatic rings. The monoisotopic (exact) mass is 365 g/mol. The van der Waals surface area contributed by atoms with Gasteiger partial charge in [-0.25, -0.2) is 0 Å². The molecule has 0 aliphatic carbocycles. The van der Waals surface area contributed by atoms with Gasteiger partial charge in [0.1, 0.15) is 0 Å². The van der Waals surface area contributed by atoms with Gasteiger partial charge in [-0.15, -0.1) is 0 Å². The maximum Gasteiger partial charge on any atom is 0.179 e. The molecule has 1 aliphatic rings. The number of halogens is 1. The number of carbonyl (C=O) groups excluding carboxylic acids is 1. The highest BCUT2D eigenvalue weighted by atomic mass is 35.5. The van der Waals surface area contributed by atoms with Gasteiger partial charge in [0.25, 0.3) is 0 Å². The van der Waals surface area contributed by atoms with Gasteiger partial charge in [-0.05, 0) is 50.1 Å². The Hall–Kier alpha value is -1.52. The van der Waals surface area contributed by atoms with E-state index in [0.717, 1.165) is 37.1 Å². The van der Waals surface area contributed by atoms with Crippen LogP contribution in [0.15, 0.2) is 17.7 Å². The van der Waals surface area contributed by atoms with E-state index in [2.05, 4.69) is 11.8 Å². The molecule has 1 aromatic carbocycles. The number of Topliss-reactive ketones (excluding diaryl/α,β-unsaturated/α-hetero) is 1. The van der Waals surface area contributed by atoms with Crippen molar-refractivity contribution in [1.82, 2.24) is 4.90 Å². The van der Waals surface area contributed by atoms with Crippen LogP contribution in [-0.4, -0.2) is 43.5 Å². The Morgan fingerprint density at radius 2 is 2.00 bits per heavy atom. The van der Waals surface area contributed by atoms with Crippen molar-refractivity contribution in [2.45, 2.75) is 40.0 Å². The van der Waals surface area contributed by atoms with E-state index in [4.69, 9.17) is 21.1 Å². The number of nitrogens with zero attached hydrogens (tertiary/aromatic N) is 1. The minimum absolute atomic E-state index is 0.216. The summed E-state index contributed by atoms with van der Waals surface area (Å²) < 4.78 is 11.4. The Labute approximate surface area is 155 Å². The number of piperidine rings is 1. The van der Waals surface area contributed by atoms with Crippen LogP contribution in [0.3, 0.4) is 0 Å². The Balaban J connectivity index is 2.29. The lowest BCUT2D eigenvalue weighted by molar-refractivity contribution is -0.117. The molecule has 25 heavy (non-hydrogen) atoms. The van der Waals surface area contributed by atoms with E-state index in [-0.39, 0.29) is 5.78 Å². The Kier molecular flexibility index (Phi) is 7.79. The van der Waals surface area contributed by atoms with Gasteiger partial charge in [0.05, 0.1) is 18.2 Å². The molecule has 0 bridgehead atoms. The van der Waals surface area contributed by atoms with Crippen LogP contribution in [0.5, 0.6) is 11.5 Å². The second kappa shape index (κ2) is 9.83. The van der Waals surface area contributed by atoms with Crippen molar-refractivity contribution < 1.29 is 14.3 Å². The summed E-state index contributed by atoms with van der Waals surface area (Å²) in [5, 5.41) is 0.514. The van der Waals surface area contributed by atoms with E-state index in [1.807, 2.05) is 32.1 Å². The number of hydrogen-bond donors (Lipinski definition) is 0. The first kappa shape index (κ1) is 19.8. The largest absolute Gasteiger partial charge is 0.490 e. The highest BCUT2D eigenvalue weighted by molar-refractivity contribution is 6.32. The summed E-state index contributed by atoms with van der Waals surface area (Å²) in [5.74, 6) is 1.42. The van der Waals surface area contributed by atoms with Gasteiger partial charge in [-0.2, -0.15) is 0 Å². The predicted octanol–water partition coefficient (Wildman–Crippen LogP) is 4.60. The molecule has 0 atom stereocenters. The van der Waals surface area contributed by atoms with Crippen molar-refractivity contribution in [3.63, 3.8) is 0 Å². The van der Waals surface area contributed by atoms with Gasteiger partial charge in [0.15, 0.2) is 17.3 Å². The van der Waals surface area contributed by atoms with Crippen LogP contribution >= 0.6 is 11.6 Å². The fourth-order valence-electron chi connectivity index (χ4n) is 2.94. The van der Waals surface area contributed by atoms with Crippen molar-refractivity contribution in [1.29, 1.82) is 0 Å². The van der Waals surface area contributed by atoms with E-state index in [1.165, 1.54) is 0 Å². The Bertz CT molecular complexity index is 628. The molecule has 4 nitrogen and oxygen atoms in total. The lowest BCUT2D eigenvalue weighted by Gasteiger charge is -2.27. The van der Waals surface area contributed by atoms with Gasteiger partial charge in [-0.1, -0.05) is 25.4 Å². The molecule has 1 aliphatic heterocycles. The summed E-state index contributed by atoms with van der Waals surface area (Å²) in [6.07, 6.45) is 4.50. The fourth-order valence-corrected chi connectivity index (χ4v) is 3.21. The third-order valence-electron chi connectivity index (χ3n) is 4.07. The molecule has 0 saturated carbocycles. The van der Waals surface area contributed by atoms with E-state index in [9.17, 15) is 4.79 Å². The summed E-state index contributed by atoms with van der Waals surface area (Å²) in [5.41, 5.74) is 1.71. The minimum atomic E-state index is 0.216. The lowest BCUT2D eigenvalue weighted by atomic mass is 10.00. The van der Waals surface area contributed by atoms with Crippen LogP contribution in [0.2, 0.25) is 5.02 Å². The van der Waals surface area contributed by atoms with Crippen molar-refractivity contribution in [2.75, 3.05) is 32.8 Å². The third-order valence-corrected chi connectivity index (χ3v) is 4.35. The summed E-state index contributed by atoms with van der Waals surface area (Å²) in [6.45, 7) is 9.80. The zero-order valence-corrected chi connectivity index (χ0v) is 16.2. The number of carbonyl (C=O) groups is 1. The predicted molar refractivity (Wildman–Crippen MR) is 103 cm³/mol. The Morgan fingerprint density at radius 1 is 1.20 bits per heavy atom. The van der Waals surface area contributed by atoms with E-state index < -0.39 is 0 Å². The average molecular weight is 366 g/mol. The summed E-state index contributed by atoms with van der Waals surface area (Å²) in [4.78, 5) is 14.6. The molecule has 1 saturated heterocycles. The van der Waals surface area contributed by atoms with Gasteiger partial charge in [0.2, 0.25) is 0 Å². The number of benzene rings is 1. The molecule has 1 fully saturated rings. The molecule has 2 rings (SSSR count). The molecular formula is C20H28ClNO3. The molecule has 0 amide bonds. The number of ketones is 1. The molecule has 5 heteroatoms. The number of hydrogen-bond acceptors (Lipinski definition) is 4. The second-order valence-electron chi connectivity index (χ2n) is 6.23. The zero-order chi connectivity index (χ0) is 18.2. The first-order chi connectivity index (χ1) is 12.1. The molecule has 1 heterocycles. The van der Waals surface area contributed by atoms with Gasteiger partial charge in [0, 0.05) is 25.1 Å². The lowest BCUT2D eigenvalue weighted by Crippen LogP contribution is -2.36. The van der Waals surface area contributed by atoms with E-state index in [1.54, 1.807) is 0 Å². The SMILES string of the molecule is CCCOc1c(Cl)cc(/C=C2\CN(CCC)CCC2=O)cc1OCC. The summed E-state index contributed by atoms with van der Waals surface area (Å²) in [6, 6.07) is 3.74. The smallest absolute Gasteiger partial charge is 0.179 e. The van der Waals surface area contributed by atoms with E-state index >= 15 is 0 Å². The average Bonchev–Trinajstić information content (AvgIpc) is 2.58. The summed E-state index contributed by atoms with van der Waals surface area (Å²) in [7, 11) is 0.